The summed E-state index contributed by atoms with van der Waals surface area (Å²) in [6.07, 6.45) is 0.582. The van der Waals surface area contributed by atoms with Crippen LogP contribution in [-0.2, 0) is 16.4 Å². The molecule has 27 heavy (non-hydrogen) atoms. The van der Waals surface area contributed by atoms with Crippen molar-refractivity contribution >= 4 is 50.4 Å². The van der Waals surface area contributed by atoms with Gasteiger partial charge in [0.05, 0.1) is 10.6 Å². The summed E-state index contributed by atoms with van der Waals surface area (Å²) in [5, 5.41) is 7.09. The van der Waals surface area contributed by atoms with Crippen LogP contribution in [0.5, 0.6) is 0 Å². The van der Waals surface area contributed by atoms with E-state index in [1.807, 2.05) is 6.92 Å². The normalized spacial score (nSPS) is 11.2. The number of anilines is 2. The van der Waals surface area contributed by atoms with Crippen LogP contribution in [0.2, 0.25) is 5.02 Å². The van der Waals surface area contributed by atoms with Crippen molar-refractivity contribution < 1.29 is 13.2 Å². The molecule has 0 spiro atoms. The van der Waals surface area contributed by atoms with Crippen LogP contribution >= 0.6 is 23.1 Å². The molecule has 2 aromatic carbocycles. The number of amides is 1. The van der Waals surface area contributed by atoms with Crippen LogP contribution in [0.25, 0.3) is 0 Å². The van der Waals surface area contributed by atoms with Crippen LogP contribution in [0.3, 0.4) is 0 Å². The van der Waals surface area contributed by atoms with Crippen molar-refractivity contribution in [1.82, 2.24) is 9.59 Å². The van der Waals surface area contributed by atoms with Crippen molar-refractivity contribution in [3.63, 3.8) is 0 Å². The van der Waals surface area contributed by atoms with Crippen molar-refractivity contribution in [2.75, 3.05) is 10.0 Å². The number of nitrogens with one attached hydrogen (secondary N) is 2. The average Bonchev–Trinajstić information content (AvgIpc) is 3.13. The summed E-state index contributed by atoms with van der Waals surface area (Å²) in [7, 11) is -3.82. The molecule has 0 aliphatic carbocycles. The third-order valence-electron chi connectivity index (χ3n) is 3.60. The third-order valence-corrected chi connectivity index (χ3v) is 5.99. The molecule has 0 fully saturated rings. The molecule has 10 heteroatoms. The Balaban J connectivity index is 1.80. The van der Waals surface area contributed by atoms with Crippen molar-refractivity contribution in [2.24, 2.45) is 0 Å². The maximum Gasteiger partial charge on any atom is 0.269 e. The van der Waals surface area contributed by atoms with Gasteiger partial charge < -0.3 is 5.32 Å². The van der Waals surface area contributed by atoms with Crippen LogP contribution in [-0.4, -0.2) is 23.9 Å². The van der Waals surface area contributed by atoms with Crippen LogP contribution in [0.4, 0.5) is 11.4 Å². The Morgan fingerprint density at radius 1 is 1.15 bits per heavy atom. The third kappa shape index (κ3) is 4.62. The summed E-state index contributed by atoms with van der Waals surface area (Å²) in [5.74, 6) is -0.373. The minimum absolute atomic E-state index is 0.0217. The SMILES string of the molecule is CCc1nnsc1C(=O)Nc1cccc(S(=O)(=O)Nc2ccc(Cl)cc2)c1. The topological polar surface area (TPSA) is 101 Å². The molecular formula is C17H15ClN4O3S2. The highest BCUT2D eigenvalue weighted by Gasteiger charge is 2.18. The molecule has 0 aliphatic rings. The first-order valence-electron chi connectivity index (χ1n) is 7.90. The molecule has 140 valence electrons. The Labute approximate surface area is 165 Å². The lowest BCUT2D eigenvalue weighted by Crippen LogP contribution is -2.15. The molecule has 0 bridgehead atoms. The zero-order valence-electron chi connectivity index (χ0n) is 14.1. The van der Waals surface area contributed by atoms with Gasteiger partial charge in [-0.05, 0) is 60.4 Å². The van der Waals surface area contributed by atoms with Crippen LogP contribution < -0.4 is 10.0 Å². The largest absolute Gasteiger partial charge is 0.321 e. The number of hydrogen-bond acceptors (Lipinski definition) is 6. The van der Waals surface area contributed by atoms with E-state index in [1.54, 1.807) is 36.4 Å². The first-order chi connectivity index (χ1) is 12.9. The van der Waals surface area contributed by atoms with Crippen LogP contribution in [0, 0.1) is 0 Å². The van der Waals surface area contributed by atoms with Gasteiger partial charge in [0.25, 0.3) is 15.9 Å². The van der Waals surface area contributed by atoms with Crippen molar-refractivity contribution in [3.05, 3.63) is 64.1 Å². The van der Waals surface area contributed by atoms with Crippen LogP contribution in [0.15, 0.2) is 53.4 Å². The zero-order valence-corrected chi connectivity index (χ0v) is 16.5. The van der Waals surface area contributed by atoms with E-state index in [0.717, 1.165) is 11.5 Å². The number of halogens is 1. The second-order valence-electron chi connectivity index (χ2n) is 5.50. The number of aromatic nitrogens is 2. The lowest BCUT2D eigenvalue weighted by Gasteiger charge is -2.10. The number of nitrogens with zero attached hydrogens (tertiary/aromatic N) is 2. The Kier molecular flexibility index (Phi) is 5.73. The Bertz CT molecular complexity index is 1070. The molecule has 0 radical (unpaired) electrons. The van der Waals surface area contributed by atoms with Crippen molar-refractivity contribution in [3.8, 4) is 0 Å². The zero-order chi connectivity index (χ0) is 19.4. The van der Waals surface area contributed by atoms with Crippen molar-refractivity contribution in [1.29, 1.82) is 0 Å². The fraction of sp³-hybridized carbons (Fsp3) is 0.118. The van der Waals surface area contributed by atoms with Gasteiger partial charge in [0, 0.05) is 16.4 Å². The molecule has 0 unspecified atom stereocenters. The summed E-state index contributed by atoms with van der Waals surface area (Å²) in [5.41, 5.74) is 1.34. The molecule has 0 aliphatic heterocycles. The highest BCUT2D eigenvalue weighted by molar-refractivity contribution is 7.92. The van der Waals surface area contributed by atoms with E-state index in [2.05, 4.69) is 19.6 Å². The molecule has 0 atom stereocenters. The molecule has 2 N–H and O–H groups in total. The summed E-state index contributed by atoms with van der Waals surface area (Å²) in [6.45, 7) is 1.88. The first kappa shape index (κ1) is 19.3. The smallest absolute Gasteiger partial charge is 0.269 e. The number of sulfonamides is 1. The molecular weight excluding hydrogens is 408 g/mol. The molecule has 7 nitrogen and oxygen atoms in total. The standard InChI is InChI=1S/C17H15ClN4O3S2/c1-2-15-16(26-22-20-15)17(23)19-13-4-3-5-14(10-13)27(24,25)21-12-8-6-11(18)7-9-12/h3-10,21H,2H2,1H3,(H,19,23). The van der Waals surface area contributed by atoms with Gasteiger partial charge in [0.1, 0.15) is 4.88 Å². The predicted molar refractivity (Wildman–Crippen MR) is 106 cm³/mol. The molecule has 0 saturated heterocycles. The maximum absolute atomic E-state index is 12.6. The van der Waals surface area contributed by atoms with E-state index in [1.165, 1.54) is 12.1 Å². The monoisotopic (exact) mass is 422 g/mol. The van der Waals surface area contributed by atoms with Gasteiger partial charge in [-0.15, -0.1) is 5.10 Å². The van der Waals surface area contributed by atoms with E-state index < -0.39 is 10.0 Å². The van der Waals surface area contributed by atoms with Gasteiger partial charge in [-0.25, -0.2) is 8.42 Å². The van der Waals surface area contributed by atoms with Gasteiger partial charge >= 0.3 is 0 Å². The summed E-state index contributed by atoms with van der Waals surface area (Å²) in [6, 6.07) is 12.3. The Hall–Kier alpha value is -2.49. The van der Waals surface area contributed by atoms with E-state index in [4.69, 9.17) is 11.6 Å². The average molecular weight is 423 g/mol. The van der Waals surface area contributed by atoms with Gasteiger partial charge in [-0.3, -0.25) is 9.52 Å². The second-order valence-corrected chi connectivity index (χ2v) is 8.37. The molecule has 1 heterocycles. The van der Waals surface area contributed by atoms with Gasteiger partial charge in [0.15, 0.2) is 0 Å². The van der Waals surface area contributed by atoms with E-state index in [9.17, 15) is 13.2 Å². The van der Waals surface area contributed by atoms with E-state index in [-0.39, 0.29) is 10.8 Å². The number of benzene rings is 2. The van der Waals surface area contributed by atoms with Crippen LogP contribution in [0.1, 0.15) is 22.3 Å². The predicted octanol–water partition coefficient (Wildman–Crippen LogP) is 3.81. The second kappa shape index (κ2) is 8.03. The lowest BCUT2D eigenvalue weighted by molar-refractivity contribution is 0.102. The Morgan fingerprint density at radius 2 is 1.89 bits per heavy atom. The molecule has 1 aromatic heterocycles. The fourth-order valence-electron chi connectivity index (χ4n) is 2.27. The highest BCUT2D eigenvalue weighted by Crippen LogP contribution is 2.21. The van der Waals surface area contributed by atoms with Gasteiger partial charge in [-0.1, -0.05) is 29.1 Å². The minimum Gasteiger partial charge on any atom is -0.321 e. The number of hydrogen-bond donors (Lipinski definition) is 2. The lowest BCUT2D eigenvalue weighted by atomic mass is 10.2. The summed E-state index contributed by atoms with van der Waals surface area (Å²) in [4.78, 5) is 12.8. The fourth-order valence-corrected chi connectivity index (χ4v) is 4.15. The number of aryl methyl sites for hydroxylation is 1. The first-order valence-corrected chi connectivity index (χ1v) is 10.5. The van der Waals surface area contributed by atoms with E-state index in [0.29, 0.717) is 33.4 Å². The Morgan fingerprint density at radius 3 is 2.59 bits per heavy atom. The maximum atomic E-state index is 12.6. The highest BCUT2D eigenvalue weighted by atomic mass is 35.5. The van der Waals surface area contributed by atoms with E-state index >= 15 is 0 Å². The quantitative estimate of drug-likeness (QED) is 0.629. The van der Waals surface area contributed by atoms with Gasteiger partial charge in [-0.2, -0.15) is 0 Å². The minimum atomic E-state index is -3.82. The summed E-state index contributed by atoms with van der Waals surface area (Å²) >= 11 is 6.81. The van der Waals surface area contributed by atoms with Gasteiger partial charge in [0.2, 0.25) is 0 Å². The molecule has 3 aromatic rings. The number of carbonyl (C=O) groups is 1. The molecule has 0 saturated carbocycles. The van der Waals surface area contributed by atoms with Crippen molar-refractivity contribution in [2.45, 2.75) is 18.2 Å². The number of rotatable bonds is 6. The molecule has 3 rings (SSSR count). The number of carbonyl (C=O) groups excluding carboxylic acids is 1. The molecule has 1 amide bonds. The summed E-state index contributed by atoms with van der Waals surface area (Å²) < 4.78 is 31.4.